The maximum absolute atomic E-state index is 12.2. The Hall–Kier alpha value is -1.75. The lowest BCUT2D eigenvalue weighted by Gasteiger charge is -2.10. The molecule has 0 aliphatic heterocycles. The van der Waals surface area contributed by atoms with E-state index in [4.69, 9.17) is 0 Å². The molecule has 0 unspecified atom stereocenters. The highest BCUT2D eigenvalue weighted by Crippen LogP contribution is 2.13. The summed E-state index contributed by atoms with van der Waals surface area (Å²) < 4.78 is 0.995. The molecule has 1 aromatic carbocycles. The van der Waals surface area contributed by atoms with Gasteiger partial charge in [0.15, 0.2) is 0 Å². The zero-order chi connectivity index (χ0) is 15.4. The number of rotatable bonds is 4. The quantitative estimate of drug-likeness (QED) is 0.919. The Morgan fingerprint density at radius 3 is 2.76 bits per heavy atom. The molecule has 21 heavy (non-hydrogen) atoms. The van der Waals surface area contributed by atoms with Crippen molar-refractivity contribution in [2.75, 3.05) is 0 Å². The molecule has 0 radical (unpaired) electrons. The zero-order valence-corrected chi connectivity index (χ0v) is 13.9. The second-order valence-corrected chi connectivity index (χ2v) is 6.11. The number of aromatic nitrogens is 2. The molecule has 0 bridgehead atoms. The van der Waals surface area contributed by atoms with Gasteiger partial charge in [-0.25, -0.2) is 9.97 Å². The van der Waals surface area contributed by atoms with Crippen molar-refractivity contribution in [2.45, 2.75) is 33.2 Å². The van der Waals surface area contributed by atoms with Gasteiger partial charge in [-0.1, -0.05) is 41.9 Å². The average Bonchev–Trinajstić information content (AvgIpc) is 2.44. The van der Waals surface area contributed by atoms with Crippen LogP contribution in [0.15, 0.2) is 34.9 Å². The minimum Gasteiger partial charge on any atom is -0.348 e. The monoisotopic (exact) mass is 347 g/mol. The van der Waals surface area contributed by atoms with Crippen LogP contribution in [0.3, 0.4) is 0 Å². The van der Waals surface area contributed by atoms with Crippen molar-refractivity contribution in [3.63, 3.8) is 0 Å². The Bertz CT molecular complexity index is 656. The van der Waals surface area contributed by atoms with Crippen molar-refractivity contribution in [1.82, 2.24) is 15.3 Å². The molecule has 0 saturated carbocycles. The van der Waals surface area contributed by atoms with E-state index in [1.54, 1.807) is 6.20 Å². The molecule has 1 heterocycles. The number of amides is 1. The highest BCUT2D eigenvalue weighted by atomic mass is 79.9. The van der Waals surface area contributed by atoms with Gasteiger partial charge in [-0.05, 0) is 24.6 Å². The first-order valence-corrected chi connectivity index (χ1v) is 7.63. The summed E-state index contributed by atoms with van der Waals surface area (Å²) in [5, 5.41) is 2.89. The van der Waals surface area contributed by atoms with E-state index in [1.165, 1.54) is 0 Å². The van der Waals surface area contributed by atoms with Crippen LogP contribution in [-0.4, -0.2) is 15.9 Å². The highest BCUT2D eigenvalue weighted by Gasteiger charge is 2.12. The van der Waals surface area contributed by atoms with Crippen LogP contribution >= 0.6 is 15.9 Å². The van der Waals surface area contributed by atoms with Gasteiger partial charge in [-0.2, -0.15) is 0 Å². The van der Waals surface area contributed by atoms with Crippen molar-refractivity contribution < 1.29 is 4.79 Å². The number of hydrogen-bond donors (Lipinski definition) is 1. The van der Waals surface area contributed by atoms with Gasteiger partial charge in [-0.3, -0.25) is 4.79 Å². The van der Waals surface area contributed by atoms with Gasteiger partial charge in [0.25, 0.3) is 5.91 Å². The van der Waals surface area contributed by atoms with Gasteiger partial charge in [0.2, 0.25) is 0 Å². The number of halogens is 1. The van der Waals surface area contributed by atoms with E-state index in [0.717, 1.165) is 15.9 Å². The predicted molar refractivity (Wildman–Crippen MR) is 86.2 cm³/mol. The Balaban J connectivity index is 2.07. The van der Waals surface area contributed by atoms with E-state index in [2.05, 4.69) is 31.2 Å². The van der Waals surface area contributed by atoms with Crippen molar-refractivity contribution >= 4 is 21.8 Å². The summed E-state index contributed by atoms with van der Waals surface area (Å²) in [6.45, 7) is 6.37. The minimum atomic E-state index is -0.150. The molecular weight excluding hydrogens is 330 g/mol. The molecule has 1 amide bonds. The summed E-state index contributed by atoms with van der Waals surface area (Å²) in [7, 11) is 0. The number of nitrogens with one attached hydrogen (secondary N) is 1. The summed E-state index contributed by atoms with van der Waals surface area (Å²) in [6.07, 6.45) is 1.61. The molecule has 0 atom stereocenters. The summed E-state index contributed by atoms with van der Waals surface area (Å²) in [4.78, 5) is 20.8. The normalized spacial score (nSPS) is 10.7. The molecule has 0 aliphatic carbocycles. The van der Waals surface area contributed by atoms with Gasteiger partial charge in [0.1, 0.15) is 5.82 Å². The van der Waals surface area contributed by atoms with Crippen LogP contribution in [-0.2, 0) is 6.54 Å². The van der Waals surface area contributed by atoms with E-state index < -0.39 is 0 Å². The van der Waals surface area contributed by atoms with Crippen LogP contribution in [0.5, 0.6) is 0 Å². The second-order valence-electron chi connectivity index (χ2n) is 5.19. The molecule has 110 valence electrons. The summed E-state index contributed by atoms with van der Waals surface area (Å²) >= 11 is 3.41. The molecular formula is C16H18BrN3O. The van der Waals surface area contributed by atoms with Crippen molar-refractivity contribution in [3.05, 3.63) is 57.6 Å². The fourth-order valence-electron chi connectivity index (χ4n) is 1.91. The summed E-state index contributed by atoms with van der Waals surface area (Å²) in [5.41, 5.74) is 2.27. The van der Waals surface area contributed by atoms with E-state index in [-0.39, 0.29) is 11.8 Å². The second kappa shape index (κ2) is 6.80. The fraction of sp³-hybridized carbons (Fsp3) is 0.312. The van der Waals surface area contributed by atoms with Crippen LogP contribution in [0.1, 0.15) is 47.2 Å². The van der Waals surface area contributed by atoms with Crippen molar-refractivity contribution in [3.8, 4) is 0 Å². The maximum atomic E-state index is 12.2. The maximum Gasteiger partial charge on any atom is 0.254 e. The van der Waals surface area contributed by atoms with Gasteiger partial charge in [0, 0.05) is 23.1 Å². The summed E-state index contributed by atoms with van der Waals surface area (Å²) in [6, 6.07) is 7.84. The lowest BCUT2D eigenvalue weighted by molar-refractivity contribution is 0.0949. The van der Waals surface area contributed by atoms with Gasteiger partial charge in [-0.15, -0.1) is 0 Å². The standard InChI is InChI=1S/C16H18BrN3O/c1-10(2)15-18-9-14(11(3)20-15)16(21)19-8-12-5-4-6-13(17)7-12/h4-7,9-10H,8H2,1-3H3,(H,19,21). The molecule has 4 nitrogen and oxygen atoms in total. The van der Waals surface area contributed by atoms with Crippen LogP contribution in [0.25, 0.3) is 0 Å². The molecule has 5 heteroatoms. The molecule has 2 rings (SSSR count). The van der Waals surface area contributed by atoms with E-state index >= 15 is 0 Å². The molecule has 0 aliphatic rings. The Kier molecular flexibility index (Phi) is 5.07. The first-order chi connectivity index (χ1) is 9.97. The smallest absolute Gasteiger partial charge is 0.254 e. The first kappa shape index (κ1) is 15.6. The van der Waals surface area contributed by atoms with E-state index in [1.807, 2.05) is 45.0 Å². The topological polar surface area (TPSA) is 54.9 Å². The largest absolute Gasteiger partial charge is 0.348 e. The van der Waals surface area contributed by atoms with Crippen LogP contribution < -0.4 is 5.32 Å². The van der Waals surface area contributed by atoms with Crippen molar-refractivity contribution in [2.24, 2.45) is 0 Å². The highest BCUT2D eigenvalue weighted by molar-refractivity contribution is 9.10. The number of hydrogen-bond acceptors (Lipinski definition) is 3. The van der Waals surface area contributed by atoms with Crippen LogP contribution in [0.2, 0.25) is 0 Å². The number of carbonyl (C=O) groups is 1. The first-order valence-electron chi connectivity index (χ1n) is 6.83. The molecule has 2 aromatic rings. The number of aryl methyl sites for hydroxylation is 1. The van der Waals surface area contributed by atoms with Gasteiger partial charge < -0.3 is 5.32 Å². The Labute approximate surface area is 133 Å². The number of benzene rings is 1. The zero-order valence-electron chi connectivity index (χ0n) is 12.4. The molecule has 1 aromatic heterocycles. The van der Waals surface area contributed by atoms with Gasteiger partial charge >= 0.3 is 0 Å². The number of carbonyl (C=O) groups excluding carboxylic acids is 1. The van der Waals surface area contributed by atoms with Gasteiger partial charge in [0.05, 0.1) is 11.3 Å². The Morgan fingerprint density at radius 2 is 2.14 bits per heavy atom. The third kappa shape index (κ3) is 4.11. The number of nitrogens with zero attached hydrogens (tertiary/aromatic N) is 2. The minimum absolute atomic E-state index is 0.150. The molecule has 0 saturated heterocycles. The fourth-order valence-corrected chi connectivity index (χ4v) is 2.36. The average molecular weight is 348 g/mol. The Morgan fingerprint density at radius 1 is 1.38 bits per heavy atom. The molecule has 0 spiro atoms. The van der Waals surface area contributed by atoms with E-state index in [0.29, 0.717) is 17.8 Å². The molecule has 1 N–H and O–H groups in total. The van der Waals surface area contributed by atoms with Crippen LogP contribution in [0.4, 0.5) is 0 Å². The molecule has 0 fully saturated rings. The van der Waals surface area contributed by atoms with E-state index in [9.17, 15) is 4.79 Å². The lowest BCUT2D eigenvalue weighted by Crippen LogP contribution is -2.24. The van der Waals surface area contributed by atoms with Crippen molar-refractivity contribution in [1.29, 1.82) is 0 Å². The van der Waals surface area contributed by atoms with Crippen LogP contribution in [0, 0.1) is 6.92 Å². The SMILES string of the molecule is Cc1nc(C(C)C)ncc1C(=O)NCc1cccc(Br)c1. The lowest BCUT2D eigenvalue weighted by atomic mass is 10.1. The third-order valence-corrected chi connectivity index (χ3v) is 3.59. The third-order valence-electron chi connectivity index (χ3n) is 3.10. The predicted octanol–water partition coefficient (Wildman–Crippen LogP) is 3.60. The summed E-state index contributed by atoms with van der Waals surface area (Å²) in [5.74, 6) is 0.862.